The minimum atomic E-state index is -4.32. The molecule has 31 heavy (non-hydrogen) atoms. The van der Waals surface area contributed by atoms with Gasteiger partial charge in [0.1, 0.15) is 0 Å². The quantitative estimate of drug-likeness (QED) is 0.486. The summed E-state index contributed by atoms with van der Waals surface area (Å²) in [6, 6.07) is 4.37. The number of piperazine rings is 1. The second-order valence-electron chi connectivity index (χ2n) is 11.1. The monoisotopic (exact) mass is 456 g/mol. The zero-order chi connectivity index (χ0) is 21.7. The van der Waals surface area contributed by atoms with E-state index < -0.39 is 11.7 Å². The van der Waals surface area contributed by atoms with E-state index in [1.54, 1.807) is 6.07 Å². The van der Waals surface area contributed by atoms with Gasteiger partial charge in [-0.3, -0.25) is 4.90 Å². The van der Waals surface area contributed by atoms with E-state index in [4.69, 9.17) is 0 Å². The molecule has 0 radical (unpaired) electrons. The number of nitrogens with zero attached hydrogens (tertiary/aromatic N) is 2. The lowest BCUT2D eigenvalue weighted by Gasteiger charge is -2.41. The second kappa shape index (κ2) is 8.62. The first kappa shape index (κ1) is 24.4. The van der Waals surface area contributed by atoms with Gasteiger partial charge in [-0.15, -0.1) is 12.4 Å². The molecule has 2 aliphatic carbocycles. The lowest BCUT2D eigenvalue weighted by atomic mass is 9.65. The number of hydrogen-bond acceptors (Lipinski definition) is 2. The number of benzene rings is 1. The first-order chi connectivity index (χ1) is 13.9. The second-order valence-corrected chi connectivity index (χ2v) is 11.1. The van der Waals surface area contributed by atoms with E-state index in [1.165, 1.54) is 30.5 Å². The molecule has 0 amide bonds. The van der Waals surface area contributed by atoms with Crippen LogP contribution in [-0.2, 0) is 6.18 Å². The Kier molecular flexibility index (Phi) is 6.80. The van der Waals surface area contributed by atoms with Crippen molar-refractivity contribution >= 4 is 23.7 Å². The number of halogens is 4. The van der Waals surface area contributed by atoms with Gasteiger partial charge in [-0.25, -0.2) is 0 Å². The number of rotatable bonds is 4. The molecule has 6 heteroatoms. The molecule has 0 bridgehead atoms. The lowest BCUT2D eigenvalue weighted by Crippen LogP contribution is -2.47. The van der Waals surface area contributed by atoms with Gasteiger partial charge in [0, 0.05) is 44.0 Å². The van der Waals surface area contributed by atoms with Crippen LogP contribution >= 0.6 is 12.4 Å². The van der Waals surface area contributed by atoms with Crippen LogP contribution in [0.3, 0.4) is 0 Å². The van der Waals surface area contributed by atoms with Crippen LogP contribution in [0.1, 0.15) is 64.5 Å². The molecule has 1 saturated heterocycles. The fourth-order valence-electron chi connectivity index (χ4n) is 5.64. The van der Waals surface area contributed by atoms with E-state index in [2.05, 4.69) is 43.6 Å². The molecular weight excluding hydrogens is 421 g/mol. The summed E-state index contributed by atoms with van der Waals surface area (Å²) in [4.78, 5) is 4.66. The third kappa shape index (κ3) is 5.98. The van der Waals surface area contributed by atoms with Gasteiger partial charge >= 0.3 is 6.18 Å². The minimum absolute atomic E-state index is 0. The average Bonchev–Trinajstić information content (AvgIpc) is 3.42. The molecule has 0 N–H and O–H groups in total. The van der Waals surface area contributed by atoms with Crippen LogP contribution in [0.5, 0.6) is 0 Å². The topological polar surface area (TPSA) is 6.48 Å². The molecule has 2 nitrogen and oxygen atoms in total. The highest BCUT2D eigenvalue weighted by Gasteiger charge is 2.36. The molecule has 0 spiro atoms. The Morgan fingerprint density at radius 1 is 1.00 bits per heavy atom. The van der Waals surface area contributed by atoms with E-state index in [1.807, 2.05) is 0 Å². The summed E-state index contributed by atoms with van der Waals surface area (Å²) in [6.45, 7) is 13.6. The SMILES string of the molecule is CC1(C)C=C(c2ccc(C(F)(F)F)cc2N2CCN(CC3CC3)CC2)CC(C)(C)C1.Cl. The number of hydrogen-bond donors (Lipinski definition) is 0. The van der Waals surface area contributed by atoms with Crippen LogP contribution in [0.2, 0.25) is 0 Å². The van der Waals surface area contributed by atoms with E-state index in [0.29, 0.717) is 0 Å². The maximum absolute atomic E-state index is 13.5. The zero-order valence-electron chi connectivity index (χ0n) is 19.2. The Labute approximate surface area is 191 Å². The summed E-state index contributed by atoms with van der Waals surface area (Å²) >= 11 is 0. The fourth-order valence-corrected chi connectivity index (χ4v) is 5.64. The van der Waals surface area contributed by atoms with Crippen molar-refractivity contribution in [1.29, 1.82) is 0 Å². The maximum Gasteiger partial charge on any atom is 0.416 e. The van der Waals surface area contributed by atoms with Crippen molar-refractivity contribution in [2.45, 2.75) is 59.6 Å². The molecule has 0 aromatic heterocycles. The van der Waals surface area contributed by atoms with Gasteiger partial charge in [-0.1, -0.05) is 39.8 Å². The van der Waals surface area contributed by atoms with E-state index >= 15 is 0 Å². The summed E-state index contributed by atoms with van der Waals surface area (Å²) in [7, 11) is 0. The van der Waals surface area contributed by atoms with Crippen molar-refractivity contribution in [3.05, 3.63) is 35.4 Å². The van der Waals surface area contributed by atoms with Gasteiger partial charge in [0.2, 0.25) is 0 Å². The third-order valence-corrected chi connectivity index (χ3v) is 6.77. The van der Waals surface area contributed by atoms with E-state index in [0.717, 1.165) is 62.7 Å². The number of anilines is 1. The van der Waals surface area contributed by atoms with Crippen LogP contribution < -0.4 is 4.90 Å². The molecule has 1 saturated carbocycles. The van der Waals surface area contributed by atoms with Crippen LogP contribution in [0.4, 0.5) is 18.9 Å². The molecule has 1 aromatic carbocycles. The molecule has 0 unspecified atom stereocenters. The van der Waals surface area contributed by atoms with Crippen LogP contribution in [-0.4, -0.2) is 37.6 Å². The highest BCUT2D eigenvalue weighted by Crippen LogP contribution is 2.49. The largest absolute Gasteiger partial charge is 0.416 e. The lowest BCUT2D eigenvalue weighted by molar-refractivity contribution is -0.137. The molecule has 2 fully saturated rings. The van der Waals surface area contributed by atoms with Crippen LogP contribution in [0.15, 0.2) is 24.3 Å². The maximum atomic E-state index is 13.5. The number of allylic oxidation sites excluding steroid dienone is 2. The molecule has 174 valence electrons. The Morgan fingerprint density at radius 3 is 2.19 bits per heavy atom. The zero-order valence-corrected chi connectivity index (χ0v) is 20.0. The predicted octanol–water partition coefficient (Wildman–Crippen LogP) is 6.89. The third-order valence-electron chi connectivity index (χ3n) is 6.77. The highest BCUT2D eigenvalue weighted by atomic mass is 35.5. The first-order valence-electron chi connectivity index (χ1n) is 11.3. The van der Waals surface area contributed by atoms with E-state index in [9.17, 15) is 13.2 Å². The Morgan fingerprint density at radius 2 is 1.65 bits per heavy atom. The molecule has 0 atom stereocenters. The standard InChI is InChI=1S/C25H35F3N2.ClH/c1-23(2)14-19(15-24(3,4)17-23)21-8-7-20(25(26,27)28)13-22(21)30-11-9-29(10-12-30)16-18-5-6-18;/h7-8,13-14,18H,5-6,9-12,15-17H2,1-4H3;1H. The fraction of sp³-hybridized carbons (Fsp3) is 0.680. The van der Waals surface area contributed by atoms with Crippen molar-refractivity contribution in [2.75, 3.05) is 37.6 Å². The summed E-state index contributed by atoms with van der Waals surface area (Å²) in [6.07, 6.45) is 2.62. The molecule has 3 aliphatic rings. The van der Waals surface area contributed by atoms with E-state index in [-0.39, 0.29) is 23.2 Å². The smallest absolute Gasteiger partial charge is 0.368 e. The Bertz CT molecular complexity index is 817. The summed E-state index contributed by atoms with van der Waals surface area (Å²) in [5.41, 5.74) is 2.57. The van der Waals surface area contributed by atoms with Crippen LogP contribution in [0, 0.1) is 16.7 Å². The Balaban J connectivity index is 0.00000272. The summed E-state index contributed by atoms with van der Waals surface area (Å²) < 4.78 is 40.6. The van der Waals surface area contributed by atoms with Gasteiger partial charge in [0.05, 0.1) is 5.56 Å². The molecule has 1 aliphatic heterocycles. The summed E-state index contributed by atoms with van der Waals surface area (Å²) in [5, 5.41) is 0. The van der Waals surface area contributed by atoms with Crippen molar-refractivity contribution in [1.82, 2.24) is 4.90 Å². The normalized spacial score (nSPS) is 23.8. The van der Waals surface area contributed by atoms with Crippen molar-refractivity contribution < 1.29 is 13.2 Å². The number of alkyl halides is 3. The Hall–Kier alpha value is -1.20. The molecule has 4 rings (SSSR count). The highest BCUT2D eigenvalue weighted by molar-refractivity contribution is 5.85. The first-order valence-corrected chi connectivity index (χ1v) is 11.3. The van der Waals surface area contributed by atoms with Gasteiger partial charge < -0.3 is 4.90 Å². The molecular formula is C25H36ClF3N2. The van der Waals surface area contributed by atoms with Gasteiger partial charge in [-0.05, 0) is 60.1 Å². The van der Waals surface area contributed by atoms with Gasteiger partial charge in [0.25, 0.3) is 0 Å². The minimum Gasteiger partial charge on any atom is -0.368 e. The molecule has 1 heterocycles. The van der Waals surface area contributed by atoms with Gasteiger partial charge in [-0.2, -0.15) is 13.2 Å². The van der Waals surface area contributed by atoms with Crippen molar-refractivity contribution in [3.8, 4) is 0 Å². The average molecular weight is 457 g/mol. The van der Waals surface area contributed by atoms with Crippen LogP contribution in [0.25, 0.3) is 5.57 Å². The molecule has 1 aromatic rings. The summed E-state index contributed by atoms with van der Waals surface area (Å²) in [5.74, 6) is 0.845. The van der Waals surface area contributed by atoms with Crippen molar-refractivity contribution in [2.24, 2.45) is 16.7 Å². The van der Waals surface area contributed by atoms with Crippen molar-refractivity contribution in [3.63, 3.8) is 0 Å². The van der Waals surface area contributed by atoms with Gasteiger partial charge in [0.15, 0.2) is 0 Å². The predicted molar refractivity (Wildman–Crippen MR) is 125 cm³/mol.